The molecule has 2 atom stereocenters. The fourth-order valence-electron chi connectivity index (χ4n) is 2.10. The monoisotopic (exact) mass is 285 g/mol. The summed E-state index contributed by atoms with van der Waals surface area (Å²) >= 11 is 3.88. The van der Waals surface area contributed by atoms with E-state index < -0.39 is 0 Å². The van der Waals surface area contributed by atoms with Crippen molar-refractivity contribution in [2.75, 3.05) is 18.1 Å². The summed E-state index contributed by atoms with van der Waals surface area (Å²) in [4.78, 5) is 19.1. The summed E-state index contributed by atoms with van der Waals surface area (Å²) in [5.74, 6) is 3.14. The fraction of sp³-hybridized carbons (Fsp3) is 0.667. The lowest BCUT2D eigenvalue weighted by Crippen LogP contribution is -2.24. The molecule has 2 unspecified atom stereocenters. The van der Waals surface area contributed by atoms with Gasteiger partial charge in [0.1, 0.15) is 5.82 Å². The molecule has 2 heterocycles. The van der Waals surface area contributed by atoms with Gasteiger partial charge in [0.15, 0.2) is 0 Å². The Morgan fingerprint density at radius 3 is 3.00 bits per heavy atom. The number of nitrogens with one attached hydrogen (secondary N) is 1. The summed E-state index contributed by atoms with van der Waals surface area (Å²) in [6.07, 6.45) is 1.77. The minimum Gasteiger partial charge on any atom is -0.330 e. The van der Waals surface area contributed by atoms with Crippen LogP contribution in [0.15, 0.2) is 10.9 Å². The number of rotatable bonds is 4. The minimum absolute atomic E-state index is 0.0607. The molecule has 6 heteroatoms. The van der Waals surface area contributed by atoms with Crippen LogP contribution in [0.3, 0.4) is 0 Å². The second-order valence-electron chi connectivity index (χ2n) is 4.27. The van der Waals surface area contributed by atoms with Gasteiger partial charge in [-0.05, 0) is 13.0 Å². The number of nitrogens with zero attached hydrogens (tertiary/aromatic N) is 1. The van der Waals surface area contributed by atoms with E-state index in [1.807, 2.05) is 23.5 Å². The standard InChI is InChI=1S/C12H19N3OS2/c1-2-9-11(18-6-5-17-9)12-14-8(3-4-13)7-10(16)15-12/h7,9,11H,2-6,13H2,1H3,(H,14,15,16). The second-order valence-corrected chi connectivity index (χ2v) is 6.87. The van der Waals surface area contributed by atoms with E-state index in [-0.39, 0.29) is 5.56 Å². The van der Waals surface area contributed by atoms with Crippen molar-refractivity contribution in [1.29, 1.82) is 0 Å². The lowest BCUT2D eigenvalue weighted by molar-refractivity contribution is 0.732. The summed E-state index contributed by atoms with van der Waals surface area (Å²) in [6.45, 7) is 2.72. The molecule has 2 rings (SSSR count). The van der Waals surface area contributed by atoms with Gasteiger partial charge in [-0.1, -0.05) is 6.92 Å². The van der Waals surface area contributed by atoms with E-state index in [0.29, 0.717) is 23.5 Å². The van der Waals surface area contributed by atoms with Crippen molar-refractivity contribution in [3.63, 3.8) is 0 Å². The highest BCUT2D eigenvalue weighted by atomic mass is 32.2. The molecule has 18 heavy (non-hydrogen) atoms. The van der Waals surface area contributed by atoms with Crippen molar-refractivity contribution in [2.45, 2.75) is 30.3 Å². The Labute approximate surface area is 116 Å². The topological polar surface area (TPSA) is 71.8 Å². The normalized spacial score (nSPS) is 24.1. The molecule has 1 fully saturated rings. The van der Waals surface area contributed by atoms with Crippen LogP contribution in [0.2, 0.25) is 0 Å². The van der Waals surface area contributed by atoms with Crippen LogP contribution in [-0.4, -0.2) is 33.3 Å². The van der Waals surface area contributed by atoms with Crippen LogP contribution in [-0.2, 0) is 6.42 Å². The SMILES string of the molecule is CCC1SCCSC1c1nc(CCN)cc(=O)[nH]1. The second kappa shape index (κ2) is 6.63. The molecule has 4 nitrogen and oxygen atoms in total. The zero-order chi connectivity index (χ0) is 13.0. The molecule has 0 amide bonds. The molecule has 0 spiro atoms. The summed E-state index contributed by atoms with van der Waals surface area (Å²) in [5.41, 5.74) is 6.28. The number of nitrogens with two attached hydrogens (primary N) is 1. The maximum Gasteiger partial charge on any atom is 0.251 e. The van der Waals surface area contributed by atoms with Gasteiger partial charge in [-0.3, -0.25) is 4.79 Å². The Morgan fingerprint density at radius 2 is 2.28 bits per heavy atom. The van der Waals surface area contributed by atoms with E-state index in [4.69, 9.17) is 5.73 Å². The molecule has 3 N–H and O–H groups in total. The van der Waals surface area contributed by atoms with E-state index in [9.17, 15) is 4.79 Å². The highest BCUT2D eigenvalue weighted by molar-refractivity contribution is 8.06. The predicted molar refractivity (Wildman–Crippen MR) is 79.4 cm³/mol. The smallest absolute Gasteiger partial charge is 0.251 e. The van der Waals surface area contributed by atoms with Gasteiger partial charge < -0.3 is 10.7 Å². The third-order valence-corrected chi connectivity index (χ3v) is 6.19. The van der Waals surface area contributed by atoms with E-state index in [1.54, 1.807) is 6.07 Å². The highest BCUT2D eigenvalue weighted by Crippen LogP contribution is 2.42. The average Bonchev–Trinajstić information content (AvgIpc) is 2.38. The van der Waals surface area contributed by atoms with Crippen LogP contribution in [0.1, 0.15) is 30.1 Å². The van der Waals surface area contributed by atoms with Crippen molar-refractivity contribution in [1.82, 2.24) is 9.97 Å². The largest absolute Gasteiger partial charge is 0.330 e. The molecule has 1 aromatic heterocycles. The molecule has 100 valence electrons. The number of aromatic nitrogens is 2. The zero-order valence-corrected chi connectivity index (χ0v) is 12.1. The van der Waals surface area contributed by atoms with Crippen LogP contribution in [0.5, 0.6) is 0 Å². The van der Waals surface area contributed by atoms with Gasteiger partial charge in [0, 0.05) is 34.9 Å². The number of aromatic amines is 1. The van der Waals surface area contributed by atoms with Crippen LogP contribution in [0.4, 0.5) is 0 Å². The Morgan fingerprint density at radius 1 is 1.50 bits per heavy atom. The Bertz CT molecular complexity index is 449. The van der Waals surface area contributed by atoms with Gasteiger partial charge >= 0.3 is 0 Å². The molecule has 1 saturated heterocycles. The Kier molecular flexibility index (Phi) is 5.14. The summed E-state index contributed by atoms with van der Waals surface area (Å²) in [5, 5.41) is 0.846. The van der Waals surface area contributed by atoms with Gasteiger partial charge in [-0.25, -0.2) is 4.98 Å². The molecule has 1 aromatic rings. The summed E-state index contributed by atoms with van der Waals surface area (Å²) in [7, 11) is 0. The lowest BCUT2D eigenvalue weighted by Gasteiger charge is -2.29. The van der Waals surface area contributed by atoms with Gasteiger partial charge in [0.05, 0.1) is 5.25 Å². The summed E-state index contributed by atoms with van der Waals surface area (Å²) in [6, 6.07) is 1.55. The molecular weight excluding hydrogens is 266 g/mol. The maximum absolute atomic E-state index is 11.7. The quantitative estimate of drug-likeness (QED) is 0.878. The molecule has 1 aliphatic heterocycles. The van der Waals surface area contributed by atoms with Crippen molar-refractivity contribution in [2.24, 2.45) is 5.73 Å². The lowest BCUT2D eigenvalue weighted by atomic mass is 10.2. The van der Waals surface area contributed by atoms with Crippen molar-refractivity contribution >= 4 is 23.5 Å². The summed E-state index contributed by atoms with van der Waals surface area (Å²) < 4.78 is 0. The first-order chi connectivity index (χ1) is 8.74. The van der Waals surface area contributed by atoms with E-state index in [1.165, 1.54) is 5.75 Å². The first kappa shape index (κ1) is 14.0. The van der Waals surface area contributed by atoms with Gasteiger partial charge in [0.2, 0.25) is 0 Å². The van der Waals surface area contributed by atoms with Gasteiger partial charge in [0.25, 0.3) is 5.56 Å². The van der Waals surface area contributed by atoms with E-state index >= 15 is 0 Å². The highest BCUT2D eigenvalue weighted by Gasteiger charge is 2.28. The van der Waals surface area contributed by atoms with Crippen molar-refractivity contribution in [3.05, 3.63) is 27.9 Å². The molecule has 0 aromatic carbocycles. The van der Waals surface area contributed by atoms with Crippen molar-refractivity contribution in [3.8, 4) is 0 Å². The molecule has 0 aliphatic carbocycles. The molecule has 0 saturated carbocycles. The molecular formula is C12H19N3OS2. The molecule has 0 bridgehead atoms. The number of thioether (sulfide) groups is 2. The van der Waals surface area contributed by atoms with E-state index in [2.05, 4.69) is 16.9 Å². The molecule has 1 aliphatic rings. The Balaban J connectivity index is 2.27. The third-order valence-electron chi connectivity index (χ3n) is 2.94. The van der Waals surface area contributed by atoms with E-state index in [0.717, 1.165) is 23.7 Å². The zero-order valence-electron chi connectivity index (χ0n) is 10.5. The first-order valence-corrected chi connectivity index (χ1v) is 8.37. The molecule has 0 radical (unpaired) electrons. The third kappa shape index (κ3) is 3.30. The number of hydrogen-bond acceptors (Lipinski definition) is 5. The van der Waals surface area contributed by atoms with Crippen LogP contribution >= 0.6 is 23.5 Å². The van der Waals surface area contributed by atoms with Crippen LogP contribution in [0, 0.1) is 0 Å². The van der Waals surface area contributed by atoms with Crippen LogP contribution < -0.4 is 11.3 Å². The number of hydrogen-bond donors (Lipinski definition) is 2. The van der Waals surface area contributed by atoms with Gasteiger partial charge in [-0.2, -0.15) is 11.8 Å². The Hall–Kier alpha value is -0.460. The fourth-order valence-corrected chi connectivity index (χ4v) is 5.11. The minimum atomic E-state index is -0.0607. The van der Waals surface area contributed by atoms with Crippen LogP contribution in [0.25, 0.3) is 0 Å². The van der Waals surface area contributed by atoms with Gasteiger partial charge in [-0.15, -0.1) is 11.8 Å². The van der Waals surface area contributed by atoms with Crippen molar-refractivity contribution < 1.29 is 0 Å². The predicted octanol–water partition coefficient (Wildman–Crippen LogP) is 1.57. The number of H-pyrrole nitrogens is 1. The first-order valence-electron chi connectivity index (χ1n) is 6.28. The average molecular weight is 285 g/mol. The maximum atomic E-state index is 11.7.